The number of carbonyl (C=O) groups excluding carboxylic acids is 1. The van der Waals surface area contributed by atoms with Crippen LogP contribution in [0.25, 0.3) is 0 Å². The number of carbonyl (C=O) groups is 1. The zero-order valence-corrected chi connectivity index (χ0v) is 16.5. The van der Waals surface area contributed by atoms with Crippen molar-refractivity contribution in [2.24, 2.45) is 11.8 Å². The van der Waals surface area contributed by atoms with Crippen molar-refractivity contribution in [3.63, 3.8) is 0 Å². The topological polar surface area (TPSA) is 88.5 Å². The van der Waals surface area contributed by atoms with Crippen LogP contribution in [0.5, 0.6) is 0 Å². The molecule has 0 aromatic heterocycles. The Kier molecular flexibility index (Phi) is 6.41. The third-order valence-corrected chi connectivity index (χ3v) is 6.34. The largest absolute Gasteiger partial charge is 0.459 e. The second kappa shape index (κ2) is 8.43. The molecule has 6 nitrogen and oxygen atoms in total. The average Bonchev–Trinajstić information content (AvgIpc) is 3.24. The lowest BCUT2D eigenvalue weighted by Crippen LogP contribution is -2.36. The number of methoxy groups -OCH3 is 1. The van der Waals surface area contributed by atoms with Gasteiger partial charge in [0.15, 0.2) is 0 Å². The van der Waals surface area contributed by atoms with Crippen LogP contribution in [0.1, 0.15) is 46.0 Å². The molecule has 1 aliphatic carbocycles. The fourth-order valence-electron chi connectivity index (χ4n) is 4.45. The summed E-state index contributed by atoms with van der Waals surface area (Å²) in [5, 5.41) is 20.7. The molecular formula is C21H32O6. The van der Waals surface area contributed by atoms with Gasteiger partial charge in [0.05, 0.1) is 25.2 Å². The molecule has 3 aliphatic rings. The predicted molar refractivity (Wildman–Crippen MR) is 100 cm³/mol. The van der Waals surface area contributed by atoms with Gasteiger partial charge in [-0.05, 0) is 51.5 Å². The van der Waals surface area contributed by atoms with Crippen molar-refractivity contribution in [3.8, 4) is 0 Å². The second-order valence-corrected chi connectivity index (χ2v) is 8.21. The first-order valence-corrected chi connectivity index (χ1v) is 9.90. The number of hydrogen-bond acceptors (Lipinski definition) is 6. The first kappa shape index (κ1) is 20.5. The molecule has 0 amide bonds. The zero-order chi connectivity index (χ0) is 19.6. The summed E-state index contributed by atoms with van der Waals surface area (Å²) in [5.74, 6) is -0.941. The molecule has 0 aromatic rings. The van der Waals surface area contributed by atoms with E-state index in [1.807, 2.05) is 13.0 Å². The van der Waals surface area contributed by atoms with Gasteiger partial charge < -0.3 is 24.4 Å². The van der Waals surface area contributed by atoms with Crippen LogP contribution >= 0.6 is 0 Å². The Balaban J connectivity index is 1.87. The van der Waals surface area contributed by atoms with Gasteiger partial charge in [-0.1, -0.05) is 17.7 Å². The summed E-state index contributed by atoms with van der Waals surface area (Å²) in [6, 6.07) is 0. The van der Waals surface area contributed by atoms with Crippen molar-refractivity contribution < 1.29 is 29.2 Å². The summed E-state index contributed by atoms with van der Waals surface area (Å²) >= 11 is 0. The first-order valence-electron chi connectivity index (χ1n) is 9.90. The Hall–Kier alpha value is -1.21. The van der Waals surface area contributed by atoms with Gasteiger partial charge in [-0.3, -0.25) is 4.79 Å². The maximum atomic E-state index is 12.4. The van der Waals surface area contributed by atoms with Crippen LogP contribution in [0, 0.1) is 11.8 Å². The second-order valence-electron chi connectivity index (χ2n) is 8.21. The molecule has 6 heteroatoms. The van der Waals surface area contributed by atoms with Crippen molar-refractivity contribution in [1.29, 1.82) is 0 Å². The summed E-state index contributed by atoms with van der Waals surface area (Å²) in [4.78, 5) is 12.4. The van der Waals surface area contributed by atoms with Gasteiger partial charge >= 0.3 is 5.97 Å². The van der Waals surface area contributed by atoms with E-state index >= 15 is 0 Å². The van der Waals surface area contributed by atoms with Crippen molar-refractivity contribution in [1.82, 2.24) is 0 Å². The molecule has 2 heterocycles. The number of aliphatic hydroxyl groups excluding tert-OH is 2. The highest BCUT2D eigenvalue weighted by Crippen LogP contribution is 2.48. The summed E-state index contributed by atoms with van der Waals surface area (Å²) in [6.45, 7) is 4.21. The summed E-state index contributed by atoms with van der Waals surface area (Å²) in [5.41, 5.74) is 1.58. The van der Waals surface area contributed by atoms with E-state index in [-0.39, 0.29) is 31.2 Å². The Morgan fingerprint density at radius 1 is 1.30 bits per heavy atom. The van der Waals surface area contributed by atoms with E-state index in [1.54, 1.807) is 7.11 Å². The van der Waals surface area contributed by atoms with E-state index in [0.717, 1.165) is 31.3 Å². The number of fused-ring (bicyclic) bond motifs is 2. The SMILES string of the molecule is COCC1C(=O)OC2C(O)C(C)=CCCC(C)=CCCC3(CO)OC3CC12. The van der Waals surface area contributed by atoms with Gasteiger partial charge in [0.1, 0.15) is 17.8 Å². The number of esters is 1. The number of epoxide rings is 1. The molecule has 2 aliphatic heterocycles. The van der Waals surface area contributed by atoms with Crippen molar-refractivity contribution in [2.45, 2.75) is 69.9 Å². The van der Waals surface area contributed by atoms with Crippen LogP contribution in [0.4, 0.5) is 0 Å². The maximum absolute atomic E-state index is 12.4. The Morgan fingerprint density at radius 3 is 2.78 bits per heavy atom. The van der Waals surface area contributed by atoms with Gasteiger partial charge in [0, 0.05) is 13.0 Å². The molecule has 0 radical (unpaired) electrons. The molecule has 2 N–H and O–H groups in total. The van der Waals surface area contributed by atoms with Crippen LogP contribution in [0.15, 0.2) is 23.3 Å². The molecule has 152 valence electrons. The molecule has 0 bridgehead atoms. The molecule has 6 unspecified atom stereocenters. The van der Waals surface area contributed by atoms with E-state index in [2.05, 4.69) is 13.0 Å². The number of hydrogen-bond donors (Lipinski definition) is 2. The van der Waals surface area contributed by atoms with Crippen LogP contribution in [-0.2, 0) is 19.0 Å². The van der Waals surface area contributed by atoms with E-state index in [9.17, 15) is 15.0 Å². The minimum absolute atomic E-state index is 0.0346. The molecule has 6 atom stereocenters. The lowest BCUT2D eigenvalue weighted by molar-refractivity contribution is -0.148. The lowest BCUT2D eigenvalue weighted by Gasteiger charge is -2.25. The molecule has 2 fully saturated rings. The van der Waals surface area contributed by atoms with Gasteiger partial charge in [0.2, 0.25) is 0 Å². The molecule has 3 rings (SSSR count). The zero-order valence-electron chi connectivity index (χ0n) is 16.5. The fourth-order valence-corrected chi connectivity index (χ4v) is 4.45. The molecule has 0 aromatic carbocycles. The minimum atomic E-state index is -0.838. The number of allylic oxidation sites excluding steroid dienone is 3. The Morgan fingerprint density at radius 2 is 2.07 bits per heavy atom. The van der Waals surface area contributed by atoms with E-state index in [4.69, 9.17) is 14.2 Å². The molecular weight excluding hydrogens is 348 g/mol. The standard InChI is InChI=1S/C21H32O6/c1-13-6-4-8-14(2)18(23)19-15(16(11-25-3)20(24)26-19)10-17-21(12-22,27-17)9-5-7-13/h7-8,15-19,22-23H,4-6,9-12H2,1-3H3. The molecule has 2 saturated heterocycles. The van der Waals surface area contributed by atoms with Gasteiger partial charge in [-0.15, -0.1) is 0 Å². The van der Waals surface area contributed by atoms with Crippen LogP contribution in [0.2, 0.25) is 0 Å². The third kappa shape index (κ3) is 4.29. The van der Waals surface area contributed by atoms with Crippen LogP contribution in [-0.4, -0.2) is 60.4 Å². The van der Waals surface area contributed by atoms with Crippen molar-refractivity contribution >= 4 is 5.97 Å². The number of aliphatic hydroxyl groups is 2. The highest BCUT2D eigenvalue weighted by molar-refractivity contribution is 5.75. The van der Waals surface area contributed by atoms with Gasteiger partial charge in [-0.25, -0.2) is 0 Å². The van der Waals surface area contributed by atoms with E-state index in [0.29, 0.717) is 6.42 Å². The Labute approximate surface area is 161 Å². The van der Waals surface area contributed by atoms with Gasteiger partial charge in [0.25, 0.3) is 0 Å². The monoisotopic (exact) mass is 380 g/mol. The molecule has 27 heavy (non-hydrogen) atoms. The lowest BCUT2D eigenvalue weighted by atomic mass is 9.80. The highest BCUT2D eigenvalue weighted by atomic mass is 16.6. The number of ether oxygens (including phenoxy) is 3. The average molecular weight is 380 g/mol. The minimum Gasteiger partial charge on any atom is -0.459 e. The summed E-state index contributed by atoms with van der Waals surface area (Å²) in [7, 11) is 1.56. The van der Waals surface area contributed by atoms with Crippen molar-refractivity contribution in [2.75, 3.05) is 20.3 Å². The normalized spacial score (nSPS) is 40.2. The first-order chi connectivity index (χ1) is 12.9. The quantitative estimate of drug-likeness (QED) is 0.443. The number of rotatable bonds is 3. The van der Waals surface area contributed by atoms with E-state index < -0.39 is 23.7 Å². The van der Waals surface area contributed by atoms with E-state index in [1.165, 1.54) is 5.57 Å². The molecule has 0 spiro atoms. The Bertz CT molecular complexity index is 612. The fraction of sp³-hybridized carbons (Fsp3) is 0.762. The van der Waals surface area contributed by atoms with Crippen LogP contribution in [0.3, 0.4) is 0 Å². The van der Waals surface area contributed by atoms with Crippen molar-refractivity contribution in [3.05, 3.63) is 23.3 Å². The third-order valence-electron chi connectivity index (χ3n) is 6.34. The smallest absolute Gasteiger partial charge is 0.312 e. The maximum Gasteiger partial charge on any atom is 0.312 e. The van der Waals surface area contributed by atoms with Crippen LogP contribution < -0.4 is 0 Å². The summed E-state index contributed by atoms with van der Waals surface area (Å²) < 4.78 is 16.7. The van der Waals surface area contributed by atoms with Gasteiger partial charge in [-0.2, -0.15) is 0 Å². The summed E-state index contributed by atoms with van der Waals surface area (Å²) in [6.07, 6.45) is 6.61. The molecule has 0 saturated carbocycles. The predicted octanol–water partition coefficient (Wildman–Crippen LogP) is 2.14. The highest BCUT2D eigenvalue weighted by Gasteiger charge is 2.59.